The van der Waals surface area contributed by atoms with Gasteiger partial charge in [0.15, 0.2) is 0 Å². The van der Waals surface area contributed by atoms with Gasteiger partial charge in [-0.3, -0.25) is 9.59 Å². The molecule has 0 radical (unpaired) electrons. The van der Waals surface area contributed by atoms with Crippen LogP contribution in [-0.2, 0) is 16.0 Å². The molecular weight excluding hydrogens is 304 g/mol. The first kappa shape index (κ1) is 16.2. The Balaban J connectivity index is 1.71. The number of aliphatic hydroxyl groups excluding tert-OH is 1. The lowest BCUT2D eigenvalue weighted by atomic mass is 10.1. The largest absolute Gasteiger partial charge is 0.390 e. The van der Waals surface area contributed by atoms with Gasteiger partial charge in [0.1, 0.15) is 0 Å². The Labute approximate surface area is 140 Å². The van der Waals surface area contributed by atoms with E-state index in [4.69, 9.17) is 0 Å². The number of aryl methyl sites for hydroxylation is 1. The highest BCUT2D eigenvalue weighted by atomic mass is 16.3. The van der Waals surface area contributed by atoms with E-state index in [-0.39, 0.29) is 0 Å². The molecule has 0 fully saturated rings. The van der Waals surface area contributed by atoms with Crippen LogP contribution in [0, 0.1) is 13.8 Å². The summed E-state index contributed by atoms with van der Waals surface area (Å²) in [6.45, 7) is 3.83. The fraction of sp³-hybridized carbons (Fsp3) is 0.263. The van der Waals surface area contributed by atoms with Crippen molar-refractivity contribution in [1.29, 1.82) is 0 Å². The third kappa shape index (κ3) is 3.03. The number of amides is 2. The Kier molecular flexibility index (Phi) is 4.36. The minimum Gasteiger partial charge on any atom is -0.390 e. The first-order valence-corrected chi connectivity index (χ1v) is 7.91. The lowest BCUT2D eigenvalue weighted by molar-refractivity contribution is -0.137. The van der Waals surface area contributed by atoms with Gasteiger partial charge in [0.25, 0.3) is 0 Å². The van der Waals surface area contributed by atoms with Crippen LogP contribution in [0.1, 0.15) is 28.3 Å². The third-order valence-corrected chi connectivity index (χ3v) is 4.55. The van der Waals surface area contributed by atoms with Crippen molar-refractivity contribution in [3.8, 4) is 0 Å². The Hall–Kier alpha value is -2.66. The first-order valence-electron chi connectivity index (χ1n) is 7.91. The molecule has 24 heavy (non-hydrogen) atoms. The second-order valence-electron chi connectivity index (χ2n) is 6.12. The number of hydrogen-bond donors (Lipinski definition) is 3. The van der Waals surface area contributed by atoms with Gasteiger partial charge < -0.3 is 15.7 Å². The Morgan fingerprint density at radius 2 is 1.79 bits per heavy atom. The average Bonchev–Trinajstić information content (AvgIpc) is 2.87. The van der Waals surface area contributed by atoms with E-state index in [1.54, 1.807) is 6.07 Å². The molecule has 0 saturated carbocycles. The summed E-state index contributed by atoms with van der Waals surface area (Å²) < 4.78 is 0. The first-order chi connectivity index (χ1) is 11.5. The molecule has 2 aromatic carbocycles. The van der Waals surface area contributed by atoms with Crippen molar-refractivity contribution in [1.82, 2.24) is 5.32 Å². The number of carbonyl (C=O) groups is 2. The van der Waals surface area contributed by atoms with Crippen molar-refractivity contribution >= 4 is 17.5 Å². The molecule has 0 saturated heterocycles. The zero-order valence-corrected chi connectivity index (χ0v) is 13.7. The van der Waals surface area contributed by atoms with Crippen LogP contribution in [0.5, 0.6) is 0 Å². The molecule has 0 bridgehead atoms. The molecule has 1 aliphatic carbocycles. The van der Waals surface area contributed by atoms with Gasteiger partial charge in [-0.1, -0.05) is 36.4 Å². The van der Waals surface area contributed by atoms with Gasteiger partial charge in [-0.05, 0) is 42.2 Å². The number of carbonyl (C=O) groups excluding carboxylic acids is 2. The predicted octanol–water partition coefficient (Wildman–Crippen LogP) is 2.02. The molecule has 2 unspecified atom stereocenters. The van der Waals surface area contributed by atoms with Crippen LogP contribution in [0.3, 0.4) is 0 Å². The molecule has 1 aliphatic rings. The van der Waals surface area contributed by atoms with Crippen molar-refractivity contribution in [3.63, 3.8) is 0 Å². The fourth-order valence-electron chi connectivity index (χ4n) is 3.02. The van der Waals surface area contributed by atoms with Crippen LogP contribution in [0.2, 0.25) is 0 Å². The lowest BCUT2D eigenvalue weighted by Gasteiger charge is -2.18. The van der Waals surface area contributed by atoms with E-state index < -0.39 is 24.0 Å². The van der Waals surface area contributed by atoms with Crippen molar-refractivity contribution in [2.45, 2.75) is 32.4 Å². The maximum Gasteiger partial charge on any atom is 0.313 e. The smallest absolute Gasteiger partial charge is 0.313 e. The van der Waals surface area contributed by atoms with Gasteiger partial charge >= 0.3 is 11.8 Å². The number of aliphatic hydroxyl groups is 1. The van der Waals surface area contributed by atoms with Gasteiger partial charge in [-0.15, -0.1) is 0 Å². The van der Waals surface area contributed by atoms with E-state index in [1.807, 2.05) is 50.2 Å². The molecule has 0 heterocycles. The highest BCUT2D eigenvalue weighted by Gasteiger charge is 2.33. The van der Waals surface area contributed by atoms with E-state index in [0.717, 1.165) is 22.3 Å². The van der Waals surface area contributed by atoms with E-state index in [1.165, 1.54) is 0 Å². The monoisotopic (exact) mass is 324 g/mol. The summed E-state index contributed by atoms with van der Waals surface area (Å²) in [7, 11) is 0. The zero-order chi connectivity index (χ0) is 17.3. The third-order valence-electron chi connectivity index (χ3n) is 4.55. The van der Waals surface area contributed by atoms with Crippen LogP contribution >= 0.6 is 0 Å². The van der Waals surface area contributed by atoms with Crippen LogP contribution in [0.4, 0.5) is 5.69 Å². The van der Waals surface area contributed by atoms with Crippen LogP contribution in [0.15, 0.2) is 42.5 Å². The number of rotatable bonds is 2. The number of benzene rings is 2. The van der Waals surface area contributed by atoms with Crippen LogP contribution in [-0.4, -0.2) is 23.0 Å². The summed E-state index contributed by atoms with van der Waals surface area (Å²) >= 11 is 0. The Morgan fingerprint density at radius 3 is 2.58 bits per heavy atom. The predicted molar refractivity (Wildman–Crippen MR) is 91.6 cm³/mol. The molecular formula is C19H20N2O3. The summed E-state index contributed by atoms with van der Waals surface area (Å²) in [5, 5.41) is 15.4. The molecule has 0 spiro atoms. The standard InChI is InChI=1S/C19H20N2O3/c1-11-6-5-9-15(12(11)2)20-18(23)19(24)21-17-14-8-4-3-7-13(14)10-16(17)22/h3-9,16-17,22H,10H2,1-2H3,(H,20,23)(H,21,24). The van der Waals surface area contributed by atoms with E-state index in [2.05, 4.69) is 10.6 Å². The number of fused-ring (bicyclic) bond motifs is 1. The lowest BCUT2D eigenvalue weighted by Crippen LogP contribution is -2.40. The van der Waals surface area contributed by atoms with Gasteiger partial charge in [-0.25, -0.2) is 0 Å². The van der Waals surface area contributed by atoms with Crippen molar-refractivity contribution in [2.75, 3.05) is 5.32 Å². The molecule has 2 aromatic rings. The summed E-state index contributed by atoms with van der Waals surface area (Å²) in [6.07, 6.45) is -0.250. The Bertz CT molecular complexity index is 801. The van der Waals surface area contributed by atoms with Crippen molar-refractivity contribution in [3.05, 3.63) is 64.7 Å². The SMILES string of the molecule is Cc1cccc(NC(=O)C(=O)NC2c3ccccc3CC2O)c1C. The molecule has 0 aliphatic heterocycles. The molecule has 124 valence electrons. The normalized spacial score (nSPS) is 18.8. The zero-order valence-electron chi connectivity index (χ0n) is 13.7. The van der Waals surface area contributed by atoms with Gasteiger partial charge in [0.05, 0.1) is 12.1 Å². The molecule has 3 N–H and O–H groups in total. The van der Waals surface area contributed by atoms with E-state index in [0.29, 0.717) is 12.1 Å². The summed E-state index contributed by atoms with van der Waals surface area (Å²) in [5.74, 6) is -1.49. The minimum atomic E-state index is -0.753. The number of anilines is 1. The van der Waals surface area contributed by atoms with E-state index in [9.17, 15) is 14.7 Å². The maximum absolute atomic E-state index is 12.2. The second-order valence-corrected chi connectivity index (χ2v) is 6.12. The van der Waals surface area contributed by atoms with Gasteiger partial charge in [0, 0.05) is 12.1 Å². The molecule has 0 aromatic heterocycles. The second kappa shape index (κ2) is 6.45. The minimum absolute atomic E-state index is 0.472. The number of hydrogen-bond acceptors (Lipinski definition) is 3. The van der Waals surface area contributed by atoms with Crippen molar-refractivity contribution < 1.29 is 14.7 Å². The van der Waals surface area contributed by atoms with Gasteiger partial charge in [0.2, 0.25) is 0 Å². The van der Waals surface area contributed by atoms with Crippen LogP contribution < -0.4 is 10.6 Å². The maximum atomic E-state index is 12.2. The van der Waals surface area contributed by atoms with Gasteiger partial charge in [-0.2, -0.15) is 0 Å². The van der Waals surface area contributed by atoms with E-state index >= 15 is 0 Å². The highest BCUT2D eigenvalue weighted by Crippen LogP contribution is 2.31. The van der Waals surface area contributed by atoms with Crippen LogP contribution in [0.25, 0.3) is 0 Å². The quantitative estimate of drug-likeness (QED) is 0.740. The molecule has 2 atom stereocenters. The summed E-state index contributed by atoms with van der Waals surface area (Å²) in [4.78, 5) is 24.4. The molecule has 3 rings (SSSR count). The fourth-order valence-corrected chi connectivity index (χ4v) is 3.02. The molecule has 2 amide bonds. The van der Waals surface area contributed by atoms with Crippen molar-refractivity contribution in [2.24, 2.45) is 0 Å². The average molecular weight is 324 g/mol. The topological polar surface area (TPSA) is 78.4 Å². The summed E-state index contributed by atoms with van der Waals surface area (Å²) in [5.41, 5.74) is 4.42. The molecule has 5 nitrogen and oxygen atoms in total. The number of nitrogens with one attached hydrogen (secondary N) is 2. The highest BCUT2D eigenvalue weighted by molar-refractivity contribution is 6.39. The molecule has 5 heteroatoms. The Morgan fingerprint density at radius 1 is 1.04 bits per heavy atom. The summed E-state index contributed by atoms with van der Waals surface area (Å²) in [6, 6.07) is 12.5.